The molecule has 2 fully saturated rings. The second kappa shape index (κ2) is 4.50. The smallest absolute Gasteiger partial charge is 0.0700 e. The van der Waals surface area contributed by atoms with Gasteiger partial charge in [0.1, 0.15) is 0 Å². The molecule has 1 heterocycles. The molecule has 2 unspecified atom stereocenters. The molecular formula is C11H20BrNO. The van der Waals surface area contributed by atoms with Crippen LogP contribution in [0.1, 0.15) is 32.1 Å². The second-order valence-corrected chi connectivity index (χ2v) is 5.58. The summed E-state index contributed by atoms with van der Waals surface area (Å²) in [5, 5.41) is 11.5. The third kappa shape index (κ3) is 2.15. The molecule has 2 aliphatic rings. The number of halogens is 1. The predicted octanol–water partition coefficient (Wildman–Crippen LogP) is 2.01. The first-order valence-electron chi connectivity index (χ1n) is 5.75. The maximum atomic E-state index is 10.4. The summed E-state index contributed by atoms with van der Waals surface area (Å²) in [5.41, 5.74) is -0.305. The van der Waals surface area contributed by atoms with Gasteiger partial charge in [-0.05, 0) is 19.3 Å². The van der Waals surface area contributed by atoms with Crippen LogP contribution in [0.15, 0.2) is 0 Å². The minimum Gasteiger partial charge on any atom is -0.390 e. The summed E-state index contributed by atoms with van der Waals surface area (Å²) in [5.74, 6) is 0.545. The molecule has 0 bridgehead atoms. The molecule has 2 nitrogen and oxygen atoms in total. The quantitative estimate of drug-likeness (QED) is 0.769. The molecule has 0 amide bonds. The highest BCUT2D eigenvalue weighted by atomic mass is 79.9. The van der Waals surface area contributed by atoms with Crippen molar-refractivity contribution in [2.24, 2.45) is 5.92 Å². The topological polar surface area (TPSA) is 23.5 Å². The van der Waals surface area contributed by atoms with Crippen LogP contribution >= 0.6 is 15.9 Å². The van der Waals surface area contributed by atoms with E-state index in [-0.39, 0.29) is 5.60 Å². The maximum Gasteiger partial charge on any atom is 0.0700 e. The first-order chi connectivity index (χ1) is 6.74. The van der Waals surface area contributed by atoms with Crippen molar-refractivity contribution in [2.45, 2.75) is 37.7 Å². The van der Waals surface area contributed by atoms with Crippen molar-refractivity contribution in [1.82, 2.24) is 4.90 Å². The number of piperidine rings is 1. The van der Waals surface area contributed by atoms with Crippen LogP contribution in [0.2, 0.25) is 0 Å². The van der Waals surface area contributed by atoms with Crippen molar-refractivity contribution in [3.8, 4) is 0 Å². The van der Waals surface area contributed by atoms with Gasteiger partial charge in [0.25, 0.3) is 0 Å². The molecule has 2 atom stereocenters. The first-order valence-corrected chi connectivity index (χ1v) is 6.87. The summed E-state index contributed by atoms with van der Waals surface area (Å²) in [6.07, 6.45) is 5.81. The van der Waals surface area contributed by atoms with Gasteiger partial charge in [0, 0.05) is 30.9 Å². The maximum absolute atomic E-state index is 10.4. The summed E-state index contributed by atoms with van der Waals surface area (Å²) < 4.78 is 0. The lowest BCUT2D eigenvalue weighted by atomic mass is 9.71. The van der Waals surface area contributed by atoms with Crippen LogP contribution in [0, 0.1) is 5.92 Å². The van der Waals surface area contributed by atoms with Gasteiger partial charge >= 0.3 is 0 Å². The number of hydrogen-bond acceptors (Lipinski definition) is 2. The fourth-order valence-electron chi connectivity index (χ4n) is 2.96. The lowest BCUT2D eigenvalue weighted by Gasteiger charge is -2.47. The molecule has 1 saturated carbocycles. The van der Waals surface area contributed by atoms with Gasteiger partial charge in [0.15, 0.2) is 0 Å². The van der Waals surface area contributed by atoms with Crippen molar-refractivity contribution >= 4 is 15.9 Å². The Hall–Kier alpha value is 0.400. The average Bonchev–Trinajstić information content (AvgIpc) is 2.19. The lowest BCUT2D eigenvalue weighted by Crippen LogP contribution is -2.53. The minimum absolute atomic E-state index is 0.305. The third-order valence-electron chi connectivity index (χ3n) is 3.91. The lowest BCUT2D eigenvalue weighted by molar-refractivity contribution is -0.0941. The van der Waals surface area contributed by atoms with E-state index in [1.165, 1.54) is 19.3 Å². The van der Waals surface area contributed by atoms with Crippen LogP contribution in [-0.4, -0.2) is 40.6 Å². The van der Waals surface area contributed by atoms with Gasteiger partial charge in [0.2, 0.25) is 0 Å². The number of aliphatic hydroxyl groups is 1. The SMILES string of the molecule is OC12CCCCC1CN(CCBr)CC2. The normalized spacial score (nSPS) is 39.4. The predicted molar refractivity (Wildman–Crippen MR) is 61.8 cm³/mol. The van der Waals surface area contributed by atoms with E-state index in [9.17, 15) is 5.11 Å². The molecule has 0 aromatic rings. The molecule has 0 radical (unpaired) electrons. The van der Waals surface area contributed by atoms with Gasteiger partial charge in [-0.25, -0.2) is 0 Å². The number of fused-ring (bicyclic) bond motifs is 1. The fraction of sp³-hybridized carbons (Fsp3) is 1.00. The van der Waals surface area contributed by atoms with E-state index in [1.54, 1.807) is 0 Å². The Bertz CT molecular complexity index is 200. The second-order valence-electron chi connectivity index (χ2n) is 4.79. The van der Waals surface area contributed by atoms with Crippen LogP contribution in [0.5, 0.6) is 0 Å². The van der Waals surface area contributed by atoms with Crippen LogP contribution in [-0.2, 0) is 0 Å². The van der Waals surface area contributed by atoms with Gasteiger partial charge in [-0.15, -0.1) is 0 Å². The molecule has 1 aliphatic heterocycles. The molecule has 82 valence electrons. The zero-order valence-electron chi connectivity index (χ0n) is 8.71. The van der Waals surface area contributed by atoms with Gasteiger partial charge in [0.05, 0.1) is 5.60 Å². The Kier molecular flexibility index (Phi) is 3.50. The number of nitrogens with zero attached hydrogens (tertiary/aromatic N) is 1. The highest BCUT2D eigenvalue weighted by Crippen LogP contribution is 2.39. The zero-order chi connectivity index (χ0) is 10.0. The largest absolute Gasteiger partial charge is 0.390 e. The number of rotatable bonds is 2. The van der Waals surface area contributed by atoms with E-state index in [2.05, 4.69) is 20.8 Å². The fourth-order valence-corrected chi connectivity index (χ4v) is 3.46. The van der Waals surface area contributed by atoms with E-state index >= 15 is 0 Å². The van der Waals surface area contributed by atoms with Gasteiger partial charge in [-0.2, -0.15) is 0 Å². The summed E-state index contributed by atoms with van der Waals surface area (Å²) in [6, 6.07) is 0. The van der Waals surface area contributed by atoms with Gasteiger partial charge < -0.3 is 10.0 Å². The Morgan fingerprint density at radius 1 is 1.36 bits per heavy atom. The highest BCUT2D eigenvalue weighted by Gasteiger charge is 2.42. The number of likely N-dealkylation sites (tertiary alicyclic amines) is 1. The van der Waals surface area contributed by atoms with Crippen molar-refractivity contribution in [1.29, 1.82) is 0 Å². The summed E-state index contributed by atoms with van der Waals surface area (Å²) in [4.78, 5) is 2.49. The minimum atomic E-state index is -0.305. The number of hydrogen-bond donors (Lipinski definition) is 1. The molecule has 0 aromatic heterocycles. The van der Waals surface area contributed by atoms with Crippen molar-refractivity contribution in [2.75, 3.05) is 25.0 Å². The van der Waals surface area contributed by atoms with E-state index in [0.29, 0.717) is 5.92 Å². The van der Waals surface area contributed by atoms with Crippen LogP contribution < -0.4 is 0 Å². The molecule has 1 aliphatic carbocycles. The van der Waals surface area contributed by atoms with Crippen molar-refractivity contribution in [3.05, 3.63) is 0 Å². The van der Waals surface area contributed by atoms with Gasteiger partial charge in [-0.1, -0.05) is 28.8 Å². The van der Waals surface area contributed by atoms with E-state index in [1.807, 2.05) is 0 Å². The molecule has 1 saturated heterocycles. The highest BCUT2D eigenvalue weighted by molar-refractivity contribution is 9.09. The molecule has 0 aromatic carbocycles. The summed E-state index contributed by atoms with van der Waals surface area (Å²) >= 11 is 3.48. The first kappa shape index (κ1) is 10.9. The van der Waals surface area contributed by atoms with Crippen LogP contribution in [0.25, 0.3) is 0 Å². The van der Waals surface area contributed by atoms with E-state index < -0.39 is 0 Å². The molecule has 14 heavy (non-hydrogen) atoms. The number of alkyl halides is 1. The Morgan fingerprint density at radius 2 is 2.21 bits per heavy atom. The standard InChI is InChI=1S/C11H20BrNO/c12-6-8-13-7-5-11(14)4-2-1-3-10(11)9-13/h10,14H,1-9H2. The van der Waals surface area contributed by atoms with Crippen molar-refractivity contribution in [3.63, 3.8) is 0 Å². The molecule has 1 N–H and O–H groups in total. The monoisotopic (exact) mass is 261 g/mol. The molecular weight excluding hydrogens is 242 g/mol. The summed E-state index contributed by atoms with van der Waals surface area (Å²) in [7, 11) is 0. The zero-order valence-corrected chi connectivity index (χ0v) is 10.3. The molecule has 0 spiro atoms. The Labute approximate surface area is 94.8 Å². The molecule has 3 heteroatoms. The third-order valence-corrected chi connectivity index (χ3v) is 4.27. The van der Waals surface area contributed by atoms with E-state index in [4.69, 9.17) is 0 Å². The van der Waals surface area contributed by atoms with Crippen molar-refractivity contribution < 1.29 is 5.11 Å². The summed E-state index contributed by atoms with van der Waals surface area (Å²) in [6.45, 7) is 3.33. The van der Waals surface area contributed by atoms with Crippen LogP contribution in [0.4, 0.5) is 0 Å². The van der Waals surface area contributed by atoms with Crippen LogP contribution in [0.3, 0.4) is 0 Å². The average molecular weight is 262 g/mol. The Balaban J connectivity index is 1.95. The molecule has 2 rings (SSSR count). The van der Waals surface area contributed by atoms with Gasteiger partial charge in [-0.3, -0.25) is 0 Å². The van der Waals surface area contributed by atoms with E-state index in [0.717, 1.165) is 37.8 Å². The Morgan fingerprint density at radius 3 is 3.00 bits per heavy atom.